The molecule has 0 saturated heterocycles. The van der Waals surface area contributed by atoms with Gasteiger partial charge in [-0.05, 0) is 48.0 Å². The Bertz CT molecular complexity index is 1220. The summed E-state index contributed by atoms with van der Waals surface area (Å²) in [7, 11) is 0. The maximum absolute atomic E-state index is 13.5. The normalized spacial score (nSPS) is 11.8. The third-order valence-corrected chi connectivity index (χ3v) is 5.09. The molecule has 0 fully saturated rings. The van der Waals surface area contributed by atoms with Crippen molar-refractivity contribution in [2.45, 2.75) is 6.04 Å². The summed E-state index contributed by atoms with van der Waals surface area (Å²) in [5, 5.41) is 14.7. The van der Waals surface area contributed by atoms with Crippen molar-refractivity contribution in [2.75, 3.05) is 6.61 Å². The van der Waals surface area contributed by atoms with E-state index in [1.54, 1.807) is 48.7 Å². The minimum atomic E-state index is -0.795. The van der Waals surface area contributed by atoms with E-state index in [0.717, 1.165) is 0 Å². The Morgan fingerprint density at radius 3 is 2.58 bits per heavy atom. The van der Waals surface area contributed by atoms with Crippen LogP contribution >= 0.6 is 11.6 Å². The number of phenolic OH excluding ortho intramolecular Hbond substituents is 1. The second-order valence-corrected chi connectivity index (χ2v) is 7.26. The number of pyridine rings is 1. The number of aromatic nitrogens is 1. The number of amides is 1. The molecule has 0 spiro atoms. The van der Waals surface area contributed by atoms with Crippen molar-refractivity contribution in [1.82, 2.24) is 10.3 Å². The third kappa shape index (κ3) is 4.59. The van der Waals surface area contributed by atoms with E-state index in [-0.39, 0.29) is 12.4 Å². The number of ether oxygens (including phenoxy) is 1. The van der Waals surface area contributed by atoms with Crippen LogP contribution in [0.25, 0.3) is 10.9 Å². The smallest absolute Gasteiger partial charge is 0.258 e. The lowest BCUT2D eigenvalue weighted by Gasteiger charge is -2.22. The van der Waals surface area contributed by atoms with E-state index in [4.69, 9.17) is 16.3 Å². The summed E-state index contributed by atoms with van der Waals surface area (Å²) in [4.78, 5) is 16.9. The summed E-state index contributed by atoms with van der Waals surface area (Å²) in [5.41, 5.74) is 1.22. The van der Waals surface area contributed by atoms with Crippen molar-refractivity contribution < 1.29 is 19.0 Å². The number of fused-ring (bicyclic) bond motifs is 1. The average Bonchev–Trinajstić information content (AvgIpc) is 2.80. The van der Waals surface area contributed by atoms with E-state index in [2.05, 4.69) is 10.3 Å². The minimum absolute atomic E-state index is 0.112. The van der Waals surface area contributed by atoms with Gasteiger partial charge in [0.15, 0.2) is 6.61 Å². The monoisotopic (exact) mass is 436 g/mol. The number of carbonyl (C=O) groups excluding carboxylic acids is 1. The Balaban J connectivity index is 1.68. The highest BCUT2D eigenvalue weighted by Gasteiger charge is 2.23. The molecule has 31 heavy (non-hydrogen) atoms. The number of nitrogens with zero attached hydrogens (tertiary/aromatic N) is 1. The molecule has 0 aliphatic heterocycles. The Hall–Kier alpha value is -3.64. The lowest BCUT2D eigenvalue weighted by molar-refractivity contribution is -0.123. The van der Waals surface area contributed by atoms with Crippen LogP contribution in [0.4, 0.5) is 4.39 Å². The Morgan fingerprint density at radius 1 is 1.10 bits per heavy atom. The van der Waals surface area contributed by atoms with Crippen molar-refractivity contribution in [3.63, 3.8) is 0 Å². The average molecular weight is 437 g/mol. The molecular weight excluding hydrogens is 419 g/mol. The van der Waals surface area contributed by atoms with Gasteiger partial charge in [-0.3, -0.25) is 9.78 Å². The van der Waals surface area contributed by atoms with Gasteiger partial charge in [-0.25, -0.2) is 4.39 Å². The zero-order valence-corrected chi connectivity index (χ0v) is 17.0. The number of aromatic hydroxyl groups is 1. The number of nitrogens with one attached hydrogen (secondary N) is 1. The maximum Gasteiger partial charge on any atom is 0.258 e. The van der Waals surface area contributed by atoms with Crippen LogP contribution in [0.15, 0.2) is 79.0 Å². The highest BCUT2D eigenvalue weighted by Crippen LogP contribution is 2.38. The van der Waals surface area contributed by atoms with Crippen LogP contribution < -0.4 is 10.1 Å². The predicted octanol–water partition coefficient (Wildman–Crippen LogP) is 5.02. The summed E-state index contributed by atoms with van der Waals surface area (Å²) in [5.74, 6) is -0.395. The zero-order chi connectivity index (χ0) is 21.8. The fourth-order valence-corrected chi connectivity index (χ4v) is 3.56. The molecule has 1 aromatic heterocycles. The van der Waals surface area contributed by atoms with Crippen molar-refractivity contribution >= 4 is 28.4 Å². The summed E-state index contributed by atoms with van der Waals surface area (Å²) >= 11 is 6.42. The van der Waals surface area contributed by atoms with E-state index in [9.17, 15) is 14.3 Å². The molecule has 0 bridgehead atoms. The molecule has 5 nitrogen and oxygen atoms in total. The molecule has 0 aliphatic rings. The van der Waals surface area contributed by atoms with Gasteiger partial charge in [0.25, 0.3) is 5.91 Å². The number of benzene rings is 3. The molecule has 1 amide bonds. The van der Waals surface area contributed by atoms with E-state index in [1.165, 1.54) is 24.3 Å². The molecule has 3 aromatic carbocycles. The molecular formula is C24H18ClFN2O3. The van der Waals surface area contributed by atoms with E-state index >= 15 is 0 Å². The zero-order valence-electron chi connectivity index (χ0n) is 16.3. The van der Waals surface area contributed by atoms with Gasteiger partial charge in [0.05, 0.1) is 11.1 Å². The predicted molar refractivity (Wildman–Crippen MR) is 117 cm³/mol. The summed E-state index contributed by atoms with van der Waals surface area (Å²) in [6, 6.07) is 18.8. The quantitative estimate of drug-likeness (QED) is 0.445. The minimum Gasteiger partial charge on any atom is -0.505 e. The molecule has 156 valence electrons. The maximum atomic E-state index is 13.5. The summed E-state index contributed by atoms with van der Waals surface area (Å²) in [6.07, 6.45) is 1.54. The van der Waals surface area contributed by atoms with Crippen LogP contribution in [-0.4, -0.2) is 22.6 Å². The standard InChI is InChI=1S/C24H18ClFN2O3/c25-20-13-19(24(30)23-18(20)7-4-12-27-23)22(15-8-10-16(26)11-9-15)28-21(29)14-31-17-5-2-1-3-6-17/h1-13,22,30H,14H2,(H,28,29). The van der Waals surface area contributed by atoms with Crippen LogP contribution in [0.2, 0.25) is 5.02 Å². The van der Waals surface area contributed by atoms with Crippen molar-refractivity contribution in [3.8, 4) is 11.5 Å². The fourth-order valence-electron chi connectivity index (χ4n) is 3.29. The van der Waals surface area contributed by atoms with Gasteiger partial charge in [0, 0.05) is 17.1 Å². The van der Waals surface area contributed by atoms with Crippen molar-refractivity contribution in [3.05, 3.63) is 101 Å². The van der Waals surface area contributed by atoms with Crippen molar-refractivity contribution in [1.29, 1.82) is 0 Å². The first-order valence-corrected chi connectivity index (χ1v) is 9.89. The van der Waals surface area contributed by atoms with Crippen LogP contribution in [0, 0.1) is 5.82 Å². The molecule has 0 aliphatic carbocycles. The molecule has 1 unspecified atom stereocenters. The molecule has 0 saturated carbocycles. The van der Waals surface area contributed by atoms with Gasteiger partial charge in [0.2, 0.25) is 0 Å². The first-order chi connectivity index (χ1) is 15.0. The Labute approximate surface area is 183 Å². The second kappa shape index (κ2) is 9.02. The van der Waals surface area contributed by atoms with Crippen LogP contribution in [-0.2, 0) is 4.79 Å². The molecule has 1 heterocycles. The first kappa shape index (κ1) is 20.6. The number of rotatable bonds is 6. The van der Waals surface area contributed by atoms with Gasteiger partial charge >= 0.3 is 0 Å². The molecule has 7 heteroatoms. The fraction of sp³-hybridized carbons (Fsp3) is 0.0833. The van der Waals surface area contributed by atoms with E-state index < -0.39 is 17.8 Å². The summed E-state index contributed by atoms with van der Waals surface area (Å²) in [6.45, 7) is -0.234. The van der Waals surface area contributed by atoms with Gasteiger partial charge in [-0.2, -0.15) is 0 Å². The van der Waals surface area contributed by atoms with E-state index in [0.29, 0.717) is 32.8 Å². The van der Waals surface area contributed by atoms with Gasteiger partial charge in [-0.1, -0.05) is 41.9 Å². The third-order valence-electron chi connectivity index (χ3n) is 4.78. The number of hydrogen-bond acceptors (Lipinski definition) is 4. The Kier molecular flexibility index (Phi) is 6.00. The van der Waals surface area contributed by atoms with Gasteiger partial charge < -0.3 is 15.2 Å². The van der Waals surface area contributed by atoms with Gasteiger partial charge in [0.1, 0.15) is 22.8 Å². The topological polar surface area (TPSA) is 71.5 Å². The van der Waals surface area contributed by atoms with Crippen molar-refractivity contribution in [2.24, 2.45) is 0 Å². The number of para-hydroxylation sites is 1. The summed E-state index contributed by atoms with van der Waals surface area (Å²) < 4.78 is 19.0. The van der Waals surface area contributed by atoms with E-state index in [1.807, 2.05) is 6.07 Å². The number of halogens is 2. The van der Waals surface area contributed by atoms with Crippen LogP contribution in [0.1, 0.15) is 17.2 Å². The second-order valence-electron chi connectivity index (χ2n) is 6.85. The molecule has 2 N–H and O–H groups in total. The van der Waals surface area contributed by atoms with Crippen LogP contribution in [0.3, 0.4) is 0 Å². The first-order valence-electron chi connectivity index (χ1n) is 9.51. The molecule has 4 aromatic rings. The lowest BCUT2D eigenvalue weighted by Crippen LogP contribution is -2.33. The number of hydrogen-bond donors (Lipinski definition) is 2. The number of carbonyl (C=O) groups is 1. The lowest BCUT2D eigenvalue weighted by atomic mass is 9.96. The van der Waals surface area contributed by atoms with Gasteiger partial charge in [-0.15, -0.1) is 0 Å². The molecule has 1 atom stereocenters. The highest BCUT2D eigenvalue weighted by atomic mass is 35.5. The highest BCUT2D eigenvalue weighted by molar-refractivity contribution is 6.35. The largest absolute Gasteiger partial charge is 0.505 e. The SMILES string of the molecule is O=C(COc1ccccc1)NC(c1ccc(F)cc1)c1cc(Cl)c2cccnc2c1O. The molecule has 4 rings (SSSR count). The Morgan fingerprint density at radius 2 is 1.84 bits per heavy atom. The van der Waals surface area contributed by atoms with Crippen LogP contribution in [0.5, 0.6) is 11.5 Å². The number of phenols is 1. The molecule has 0 radical (unpaired) electrons.